The Labute approximate surface area is 218 Å². The molecule has 2 aliphatic heterocycles. The molecule has 200 valence electrons. The van der Waals surface area contributed by atoms with Crippen molar-refractivity contribution >= 4 is 11.7 Å². The van der Waals surface area contributed by atoms with E-state index >= 15 is 0 Å². The number of hydrogen-bond acceptors (Lipinski definition) is 4. The van der Waals surface area contributed by atoms with Crippen LogP contribution in [0.25, 0.3) is 0 Å². The minimum absolute atomic E-state index is 0.0470. The highest BCUT2D eigenvalue weighted by atomic mass is 16.5. The lowest BCUT2D eigenvalue weighted by Gasteiger charge is -2.20. The normalized spacial score (nSPS) is 19.9. The highest BCUT2D eigenvalue weighted by Crippen LogP contribution is 2.20. The van der Waals surface area contributed by atoms with Crippen LogP contribution in [0.2, 0.25) is 0 Å². The molecule has 5 nitrogen and oxygen atoms in total. The highest BCUT2D eigenvalue weighted by Gasteiger charge is 2.18. The van der Waals surface area contributed by atoms with Crippen LogP contribution in [0.15, 0.2) is 41.0 Å². The number of amides is 1. The first-order valence-electron chi connectivity index (χ1n) is 13.8. The molecular formula is C31H47NO4. The minimum Gasteiger partial charge on any atom is -0.381 e. The molecule has 0 atom stereocenters. The topological polar surface area (TPSA) is 64.6 Å². The molecule has 0 spiro atoms. The van der Waals surface area contributed by atoms with E-state index in [1.54, 1.807) is 0 Å². The number of Topliss-reactive ketones (excluding diaryl/α,β-unsaturated/α-hetero) is 1. The Morgan fingerprint density at radius 1 is 1.08 bits per heavy atom. The Morgan fingerprint density at radius 3 is 2.50 bits per heavy atom. The minimum atomic E-state index is -0.119. The summed E-state index contributed by atoms with van der Waals surface area (Å²) in [4.78, 5) is 25.4. The van der Waals surface area contributed by atoms with E-state index in [4.69, 9.17) is 9.47 Å². The smallest absolute Gasteiger partial charge is 0.251 e. The van der Waals surface area contributed by atoms with Crippen molar-refractivity contribution < 1.29 is 19.1 Å². The summed E-state index contributed by atoms with van der Waals surface area (Å²) < 4.78 is 11.1. The number of rotatable bonds is 5. The summed E-state index contributed by atoms with van der Waals surface area (Å²) in [6, 6.07) is 5.83. The zero-order chi connectivity index (χ0) is 26.3. The third kappa shape index (κ3) is 10.0. The van der Waals surface area contributed by atoms with Gasteiger partial charge in [-0.1, -0.05) is 50.5 Å². The molecule has 1 saturated heterocycles. The van der Waals surface area contributed by atoms with E-state index in [0.29, 0.717) is 30.8 Å². The molecule has 1 aromatic carbocycles. The molecule has 5 heteroatoms. The van der Waals surface area contributed by atoms with Gasteiger partial charge in [0.1, 0.15) is 0 Å². The zero-order valence-electron chi connectivity index (χ0n) is 23.2. The van der Waals surface area contributed by atoms with E-state index in [-0.39, 0.29) is 18.2 Å². The number of ether oxygens (including phenoxy) is 2. The number of hydrogen-bond donors (Lipinski definition) is 1. The first-order valence-corrected chi connectivity index (χ1v) is 13.8. The average molecular weight is 498 g/mol. The summed E-state index contributed by atoms with van der Waals surface area (Å²) in [6.45, 7) is 13.4. The van der Waals surface area contributed by atoms with E-state index in [0.717, 1.165) is 60.7 Å². The summed E-state index contributed by atoms with van der Waals surface area (Å²) in [5.41, 5.74) is 5.54. The van der Waals surface area contributed by atoms with Crippen molar-refractivity contribution in [1.82, 2.24) is 5.32 Å². The fraction of sp³-hybridized carbons (Fsp3) is 0.613. The van der Waals surface area contributed by atoms with Gasteiger partial charge in [0.2, 0.25) is 0 Å². The molecule has 0 saturated carbocycles. The van der Waals surface area contributed by atoms with Crippen molar-refractivity contribution in [3.8, 4) is 0 Å². The van der Waals surface area contributed by atoms with Gasteiger partial charge in [0.25, 0.3) is 5.91 Å². The van der Waals surface area contributed by atoms with Gasteiger partial charge in [-0.2, -0.15) is 0 Å². The third-order valence-electron chi connectivity index (χ3n) is 6.85. The maximum absolute atomic E-state index is 12.9. The number of carbonyl (C=O) groups excluding carboxylic acids is 2. The standard InChI is InChI=1S/C23H31NO3.C8H16O/c1-5-22(25)21-14-24-23(26)20-11-8-9-17(4)19(20)10-6-7-12-27-15-18(21)13-16(2)3;1-2-3-8-4-6-9-7-5-8/h8-9,11,13H,5-7,10,12,14-15H2,1-4H3,(H,24,26);8H,2-7H2,1H3/b21-18+;. The average Bonchev–Trinajstić information content (AvgIpc) is 2.88. The van der Waals surface area contributed by atoms with Crippen molar-refractivity contribution in [1.29, 1.82) is 0 Å². The summed E-state index contributed by atoms with van der Waals surface area (Å²) in [5, 5.41) is 2.97. The molecule has 2 heterocycles. The largest absolute Gasteiger partial charge is 0.381 e. The molecule has 36 heavy (non-hydrogen) atoms. The second-order valence-corrected chi connectivity index (χ2v) is 10.1. The Kier molecular flexibility index (Phi) is 13.7. The molecule has 1 aromatic rings. The van der Waals surface area contributed by atoms with Gasteiger partial charge >= 0.3 is 0 Å². The van der Waals surface area contributed by atoms with Crippen LogP contribution in [-0.2, 0) is 20.7 Å². The first kappa shape index (κ1) is 30.0. The van der Waals surface area contributed by atoms with Gasteiger partial charge in [0.05, 0.1) is 6.61 Å². The fourth-order valence-electron chi connectivity index (χ4n) is 4.81. The van der Waals surface area contributed by atoms with Crippen LogP contribution in [0.5, 0.6) is 0 Å². The van der Waals surface area contributed by atoms with Crippen molar-refractivity contribution in [2.45, 2.75) is 86.0 Å². The Bertz CT molecular complexity index is 902. The molecule has 1 amide bonds. The number of ketones is 1. The van der Waals surface area contributed by atoms with Crippen LogP contribution in [0, 0.1) is 12.8 Å². The van der Waals surface area contributed by atoms with Crippen molar-refractivity contribution in [3.05, 3.63) is 57.7 Å². The number of aryl methyl sites for hydroxylation is 1. The van der Waals surface area contributed by atoms with Gasteiger partial charge in [0.15, 0.2) is 5.78 Å². The van der Waals surface area contributed by atoms with E-state index in [1.807, 2.05) is 52.0 Å². The number of fused-ring (bicyclic) bond motifs is 1. The molecule has 0 radical (unpaired) electrons. The lowest BCUT2D eigenvalue weighted by Crippen LogP contribution is -2.29. The maximum Gasteiger partial charge on any atom is 0.251 e. The first-order chi connectivity index (χ1) is 17.4. The van der Waals surface area contributed by atoms with Crippen LogP contribution in [0.4, 0.5) is 0 Å². The molecular weight excluding hydrogens is 450 g/mol. The van der Waals surface area contributed by atoms with E-state index in [1.165, 1.54) is 25.7 Å². The maximum atomic E-state index is 12.9. The fourth-order valence-corrected chi connectivity index (χ4v) is 4.81. The summed E-state index contributed by atoms with van der Waals surface area (Å²) in [5.74, 6) is 0.904. The van der Waals surface area contributed by atoms with Crippen molar-refractivity contribution in [2.24, 2.45) is 5.92 Å². The monoisotopic (exact) mass is 497 g/mol. The van der Waals surface area contributed by atoms with Crippen LogP contribution in [-0.4, -0.2) is 44.7 Å². The Hall–Kier alpha value is -2.24. The van der Waals surface area contributed by atoms with Gasteiger partial charge in [-0.25, -0.2) is 0 Å². The SMILES string of the molecule is CCC(=O)/C1=C(\C=C(C)C)COCCCCc2c(C)cccc2C(=O)NC1.CCCC1CCOCC1. The molecule has 0 aromatic heterocycles. The number of benzene rings is 1. The number of allylic oxidation sites excluding steroid dienone is 1. The summed E-state index contributed by atoms with van der Waals surface area (Å²) >= 11 is 0. The molecule has 0 aliphatic carbocycles. The van der Waals surface area contributed by atoms with E-state index < -0.39 is 0 Å². The molecule has 0 unspecified atom stereocenters. The highest BCUT2D eigenvalue weighted by molar-refractivity contribution is 6.00. The van der Waals surface area contributed by atoms with E-state index in [9.17, 15) is 9.59 Å². The third-order valence-corrected chi connectivity index (χ3v) is 6.85. The molecule has 1 N–H and O–H groups in total. The van der Waals surface area contributed by atoms with Gasteiger partial charge in [-0.05, 0) is 81.6 Å². The molecule has 2 aliphatic rings. The Morgan fingerprint density at radius 2 is 1.83 bits per heavy atom. The van der Waals surface area contributed by atoms with Gasteiger partial charge in [-0.15, -0.1) is 0 Å². The lowest BCUT2D eigenvalue weighted by atomic mass is 9.95. The van der Waals surface area contributed by atoms with Crippen LogP contribution < -0.4 is 5.32 Å². The quantitative estimate of drug-likeness (QED) is 0.502. The van der Waals surface area contributed by atoms with Crippen LogP contribution in [0.3, 0.4) is 0 Å². The van der Waals surface area contributed by atoms with E-state index in [2.05, 4.69) is 12.2 Å². The molecule has 0 bridgehead atoms. The lowest BCUT2D eigenvalue weighted by molar-refractivity contribution is -0.115. The van der Waals surface area contributed by atoms with Crippen LogP contribution in [0.1, 0.15) is 94.1 Å². The second kappa shape index (κ2) is 16.5. The summed E-state index contributed by atoms with van der Waals surface area (Å²) in [6.07, 6.45) is 10.5. The molecule has 3 rings (SSSR count). The molecule has 1 fully saturated rings. The van der Waals surface area contributed by atoms with Crippen LogP contribution >= 0.6 is 0 Å². The Balaban J connectivity index is 0.000000425. The predicted octanol–water partition coefficient (Wildman–Crippen LogP) is 6.53. The number of carbonyl (C=O) groups is 2. The van der Waals surface area contributed by atoms with Crippen molar-refractivity contribution in [3.63, 3.8) is 0 Å². The number of nitrogens with one attached hydrogen (secondary N) is 1. The zero-order valence-corrected chi connectivity index (χ0v) is 23.2. The van der Waals surface area contributed by atoms with Gasteiger partial charge < -0.3 is 14.8 Å². The van der Waals surface area contributed by atoms with Gasteiger partial charge in [0, 0.05) is 43.9 Å². The summed E-state index contributed by atoms with van der Waals surface area (Å²) in [7, 11) is 0. The van der Waals surface area contributed by atoms with Gasteiger partial charge in [-0.3, -0.25) is 9.59 Å². The second-order valence-electron chi connectivity index (χ2n) is 10.1. The predicted molar refractivity (Wildman–Crippen MR) is 147 cm³/mol. The van der Waals surface area contributed by atoms with Crippen molar-refractivity contribution in [2.75, 3.05) is 33.0 Å².